The molecule has 11 rings (SSSR count). The van der Waals surface area contributed by atoms with Gasteiger partial charge < -0.3 is 0 Å². The van der Waals surface area contributed by atoms with E-state index in [4.69, 9.17) is 9.97 Å². The Bertz CT molecular complexity index is 3100. The molecule has 0 bridgehead atoms. The summed E-state index contributed by atoms with van der Waals surface area (Å²) in [5, 5.41) is 3.44. The molecule has 5 nitrogen and oxygen atoms in total. The summed E-state index contributed by atoms with van der Waals surface area (Å²) in [7, 11) is 0. The third-order valence-corrected chi connectivity index (χ3v) is 10.6. The second-order valence-corrected chi connectivity index (χ2v) is 13.9. The minimum Gasteiger partial charge on any atom is -0.294 e. The predicted molar refractivity (Wildman–Crippen MR) is 226 cm³/mol. The molecule has 5 heteroatoms. The maximum absolute atomic E-state index is 5.52. The maximum atomic E-state index is 5.52. The van der Waals surface area contributed by atoms with Crippen molar-refractivity contribution in [2.45, 2.75) is 0 Å². The summed E-state index contributed by atoms with van der Waals surface area (Å²) in [6.45, 7) is 0. The van der Waals surface area contributed by atoms with Crippen LogP contribution in [0, 0.1) is 0 Å². The number of pyridine rings is 1. The van der Waals surface area contributed by atoms with Crippen LogP contribution in [0.15, 0.2) is 200 Å². The fraction of sp³-hybridized carbons (Fsp3) is 0. The van der Waals surface area contributed by atoms with Crippen molar-refractivity contribution in [2.24, 2.45) is 0 Å². The molecule has 55 heavy (non-hydrogen) atoms. The molecule has 0 spiro atoms. The van der Waals surface area contributed by atoms with Crippen molar-refractivity contribution in [3.8, 4) is 51.0 Å². The molecule has 0 fully saturated rings. The largest absolute Gasteiger partial charge is 0.294 e. The number of fused-ring (bicyclic) bond motifs is 7. The number of imidazole rings is 1. The molecule has 0 N–H and O–H groups in total. The summed E-state index contributed by atoms with van der Waals surface area (Å²) in [6.07, 6.45) is 0. The van der Waals surface area contributed by atoms with Crippen molar-refractivity contribution in [2.75, 3.05) is 0 Å². The van der Waals surface area contributed by atoms with E-state index in [1.54, 1.807) is 0 Å². The highest BCUT2D eigenvalue weighted by Crippen LogP contribution is 2.44. The van der Waals surface area contributed by atoms with Crippen LogP contribution < -0.4 is 0 Å². The number of nitrogens with zero attached hydrogens (tertiary/aromatic N) is 5. The first-order chi connectivity index (χ1) is 27.3. The van der Waals surface area contributed by atoms with Crippen molar-refractivity contribution in [1.82, 2.24) is 23.7 Å². The number of hydrogen-bond acceptors (Lipinski definition) is 2. The number of aromatic nitrogens is 5. The highest BCUT2D eigenvalue weighted by Gasteiger charge is 2.27. The third-order valence-electron chi connectivity index (χ3n) is 10.6. The lowest BCUT2D eigenvalue weighted by molar-refractivity contribution is 1.08. The summed E-state index contributed by atoms with van der Waals surface area (Å²) in [6, 6.07) is 70.5. The second-order valence-electron chi connectivity index (χ2n) is 13.9. The number of rotatable bonds is 6. The highest BCUT2D eigenvalue weighted by atomic mass is 15.2. The molecule has 4 heterocycles. The van der Waals surface area contributed by atoms with Gasteiger partial charge in [0.1, 0.15) is 17.2 Å². The summed E-state index contributed by atoms with van der Waals surface area (Å²) >= 11 is 0. The van der Waals surface area contributed by atoms with Crippen molar-refractivity contribution in [3.63, 3.8) is 0 Å². The minimum atomic E-state index is 0.867. The van der Waals surface area contributed by atoms with Gasteiger partial charge in [-0.25, -0.2) is 9.97 Å². The van der Waals surface area contributed by atoms with E-state index in [1.807, 2.05) is 0 Å². The van der Waals surface area contributed by atoms with Crippen LogP contribution in [0.25, 0.3) is 94.8 Å². The van der Waals surface area contributed by atoms with Gasteiger partial charge in [0.25, 0.3) is 0 Å². The number of hydrogen-bond donors (Lipinski definition) is 0. The van der Waals surface area contributed by atoms with Gasteiger partial charge in [0.15, 0.2) is 5.65 Å². The molecular weight excluding hydrogens is 671 g/mol. The predicted octanol–water partition coefficient (Wildman–Crippen LogP) is 12.5. The molecule has 7 aromatic carbocycles. The van der Waals surface area contributed by atoms with Crippen LogP contribution in [0.1, 0.15) is 0 Å². The second kappa shape index (κ2) is 12.6. The van der Waals surface area contributed by atoms with E-state index >= 15 is 0 Å². The Kier molecular flexibility index (Phi) is 7.10. The summed E-state index contributed by atoms with van der Waals surface area (Å²) in [4.78, 5) is 10.9. The standard InChI is InChI=1S/C50H33N5/c1-6-18-34(19-7-1)37-32-42(35-20-8-2-9-21-35)51-45(33-37)55-43-29-17-16-28-40(43)46-44(55)31-30-41-47(46)53(38-24-12-4-13-25-38)50-48(41)54(39-26-14-5-15-27-39)49(52-50)36-22-10-3-11-23-36/h1-33H. The molecule has 258 valence electrons. The molecule has 0 saturated carbocycles. The molecule has 0 aliphatic heterocycles. The van der Waals surface area contributed by atoms with E-state index in [2.05, 4.69) is 214 Å². The fourth-order valence-corrected chi connectivity index (χ4v) is 8.25. The van der Waals surface area contributed by atoms with Crippen LogP contribution in [-0.4, -0.2) is 23.7 Å². The van der Waals surface area contributed by atoms with E-state index in [0.29, 0.717) is 0 Å². The van der Waals surface area contributed by atoms with Crippen LogP contribution in [-0.2, 0) is 0 Å². The zero-order valence-electron chi connectivity index (χ0n) is 29.8. The lowest BCUT2D eigenvalue weighted by Crippen LogP contribution is -2.00. The molecule has 0 aliphatic carbocycles. The molecule has 11 aromatic rings. The van der Waals surface area contributed by atoms with Crippen LogP contribution in [0.5, 0.6) is 0 Å². The Morgan fingerprint density at radius 1 is 0.345 bits per heavy atom. The lowest BCUT2D eigenvalue weighted by Gasteiger charge is -2.13. The molecule has 0 saturated heterocycles. The van der Waals surface area contributed by atoms with Gasteiger partial charge in [-0.1, -0.05) is 146 Å². The van der Waals surface area contributed by atoms with Gasteiger partial charge in [0, 0.05) is 38.7 Å². The Morgan fingerprint density at radius 2 is 0.909 bits per heavy atom. The van der Waals surface area contributed by atoms with E-state index in [-0.39, 0.29) is 0 Å². The first kappa shape index (κ1) is 31.1. The van der Waals surface area contributed by atoms with Crippen LogP contribution in [0.2, 0.25) is 0 Å². The maximum Gasteiger partial charge on any atom is 0.165 e. The third kappa shape index (κ3) is 4.94. The van der Waals surface area contributed by atoms with E-state index in [9.17, 15) is 0 Å². The highest BCUT2D eigenvalue weighted by molar-refractivity contribution is 6.25. The molecule has 4 aromatic heterocycles. The number of benzene rings is 7. The SMILES string of the molecule is c1ccc(-c2cc(-c3ccccc3)nc(-n3c4ccccc4c4c3ccc3c5c(nc(-c6ccccc6)n5-c5ccccc5)n(-c5ccccc5)c34)c2)cc1. The average molecular weight is 704 g/mol. The quantitative estimate of drug-likeness (QED) is 0.173. The van der Waals surface area contributed by atoms with Crippen molar-refractivity contribution in [1.29, 1.82) is 0 Å². The Hall–Kier alpha value is -7.50. The fourth-order valence-electron chi connectivity index (χ4n) is 8.25. The van der Waals surface area contributed by atoms with Crippen molar-refractivity contribution >= 4 is 43.9 Å². The zero-order chi connectivity index (χ0) is 36.3. The zero-order valence-corrected chi connectivity index (χ0v) is 29.8. The lowest BCUT2D eigenvalue weighted by atomic mass is 10.0. The van der Waals surface area contributed by atoms with Crippen molar-refractivity contribution < 1.29 is 0 Å². The molecular formula is C50H33N5. The van der Waals surface area contributed by atoms with Gasteiger partial charge in [-0.15, -0.1) is 0 Å². The van der Waals surface area contributed by atoms with Gasteiger partial charge in [-0.05, 0) is 65.7 Å². The van der Waals surface area contributed by atoms with E-state index < -0.39 is 0 Å². The van der Waals surface area contributed by atoms with Crippen LogP contribution in [0.4, 0.5) is 0 Å². The average Bonchev–Trinajstić information content (AvgIpc) is 3.92. The molecule has 0 amide bonds. The smallest absolute Gasteiger partial charge is 0.165 e. The summed E-state index contributed by atoms with van der Waals surface area (Å²) in [5.41, 5.74) is 12.7. The summed E-state index contributed by atoms with van der Waals surface area (Å²) in [5.74, 6) is 1.77. The van der Waals surface area contributed by atoms with Gasteiger partial charge in [-0.2, -0.15) is 0 Å². The molecule has 0 radical (unpaired) electrons. The Morgan fingerprint density at radius 3 is 1.58 bits per heavy atom. The van der Waals surface area contributed by atoms with E-state index in [0.717, 1.165) is 94.8 Å². The van der Waals surface area contributed by atoms with Gasteiger partial charge in [-0.3, -0.25) is 13.7 Å². The monoisotopic (exact) mass is 703 g/mol. The van der Waals surface area contributed by atoms with Crippen molar-refractivity contribution in [3.05, 3.63) is 200 Å². The number of para-hydroxylation sites is 3. The topological polar surface area (TPSA) is 40.6 Å². The normalized spacial score (nSPS) is 11.6. The van der Waals surface area contributed by atoms with Gasteiger partial charge >= 0.3 is 0 Å². The van der Waals surface area contributed by atoms with E-state index in [1.165, 1.54) is 0 Å². The van der Waals surface area contributed by atoms with Crippen LogP contribution >= 0.6 is 0 Å². The first-order valence-electron chi connectivity index (χ1n) is 18.6. The molecule has 0 aliphatic rings. The molecule has 0 atom stereocenters. The Balaban J connectivity index is 1.29. The first-order valence-corrected chi connectivity index (χ1v) is 18.6. The van der Waals surface area contributed by atoms with Gasteiger partial charge in [0.05, 0.1) is 22.2 Å². The van der Waals surface area contributed by atoms with Gasteiger partial charge in [0.2, 0.25) is 0 Å². The minimum absolute atomic E-state index is 0.867. The molecule has 0 unspecified atom stereocenters. The van der Waals surface area contributed by atoms with Crippen LogP contribution in [0.3, 0.4) is 0 Å². The Labute approximate surface area is 317 Å². The summed E-state index contributed by atoms with van der Waals surface area (Å²) < 4.78 is 7.03.